The van der Waals surface area contributed by atoms with Crippen molar-refractivity contribution in [3.63, 3.8) is 0 Å². The number of benzene rings is 11. The first-order valence-electron chi connectivity index (χ1n) is 26.0. The summed E-state index contributed by atoms with van der Waals surface area (Å²) in [4.78, 5) is 10.4. The molecule has 13 aromatic rings. The van der Waals surface area contributed by atoms with Crippen molar-refractivity contribution in [3.8, 4) is 78.8 Å². The molecule has 0 saturated carbocycles. The Labute approximate surface area is 439 Å². The van der Waals surface area contributed by atoms with Gasteiger partial charge in [0, 0.05) is 44.2 Å². The quantitative estimate of drug-likeness (QED) is 0.172. The van der Waals surface area contributed by atoms with E-state index in [4.69, 9.17) is 19.1 Å². The summed E-state index contributed by atoms with van der Waals surface area (Å²) < 4.78 is 13.1. The molecular formula is C72H44N2O2. The van der Waals surface area contributed by atoms with Crippen molar-refractivity contribution >= 4 is 21.9 Å². The zero-order valence-corrected chi connectivity index (χ0v) is 41.1. The molecule has 4 heteroatoms. The van der Waals surface area contributed by atoms with E-state index >= 15 is 0 Å². The minimum atomic E-state index is -0.604. The Bertz CT molecular complexity index is 4400. The van der Waals surface area contributed by atoms with Crippen molar-refractivity contribution in [1.29, 1.82) is 0 Å². The van der Waals surface area contributed by atoms with Crippen LogP contribution in [-0.2, 0) is 10.8 Å². The molecule has 0 saturated heterocycles. The first-order chi connectivity index (χ1) is 37.7. The van der Waals surface area contributed by atoms with Gasteiger partial charge in [0.15, 0.2) is 5.82 Å². The molecule has 2 spiro atoms. The highest BCUT2D eigenvalue weighted by atomic mass is 16.5. The lowest BCUT2D eigenvalue weighted by atomic mass is 9.51. The number of aromatic nitrogens is 2. The van der Waals surface area contributed by atoms with Gasteiger partial charge >= 0.3 is 0 Å². The molecule has 1 aliphatic heterocycles. The van der Waals surface area contributed by atoms with Crippen molar-refractivity contribution in [2.45, 2.75) is 10.8 Å². The van der Waals surface area contributed by atoms with E-state index in [9.17, 15) is 0 Å². The normalized spacial score (nSPS) is 13.8. The van der Waals surface area contributed by atoms with Gasteiger partial charge in [0.05, 0.1) is 22.2 Å². The van der Waals surface area contributed by atoms with Crippen LogP contribution in [0, 0.1) is 0 Å². The van der Waals surface area contributed by atoms with E-state index in [1.165, 1.54) is 44.5 Å². The SMILES string of the molecule is c1ccc(-c2cc(-c3ccc(-c4ccc5c(c4)-c4ccccc4C54c5ccccc5C5(c6ccccc6Oc6ccccc65)c5ccccc54)cc3)nc(-c3ccc(-c4cccc5c4oc4ccccc45)cc3)n2)cc1. The molecule has 354 valence electrons. The molecule has 0 N–H and O–H groups in total. The number of para-hydroxylation sites is 4. The summed E-state index contributed by atoms with van der Waals surface area (Å²) in [6, 6.07) is 96.3. The lowest BCUT2D eigenvalue weighted by Crippen LogP contribution is -2.45. The van der Waals surface area contributed by atoms with Crippen LogP contribution < -0.4 is 4.74 Å². The predicted octanol–water partition coefficient (Wildman–Crippen LogP) is 17.9. The molecule has 0 atom stereocenters. The summed E-state index contributed by atoms with van der Waals surface area (Å²) in [6.07, 6.45) is 0. The maximum atomic E-state index is 6.72. The summed E-state index contributed by atoms with van der Waals surface area (Å²) in [5.74, 6) is 2.45. The van der Waals surface area contributed by atoms with Crippen molar-refractivity contribution in [3.05, 3.63) is 311 Å². The van der Waals surface area contributed by atoms with Gasteiger partial charge in [-0.15, -0.1) is 0 Å². The molecule has 4 nitrogen and oxygen atoms in total. The minimum Gasteiger partial charge on any atom is -0.457 e. The summed E-state index contributed by atoms with van der Waals surface area (Å²) >= 11 is 0. The average molecular weight is 969 g/mol. The first kappa shape index (κ1) is 42.6. The van der Waals surface area contributed by atoms with Crippen molar-refractivity contribution in [1.82, 2.24) is 9.97 Å². The van der Waals surface area contributed by atoms with E-state index in [0.29, 0.717) is 5.82 Å². The third kappa shape index (κ3) is 5.95. The van der Waals surface area contributed by atoms with E-state index in [1.807, 2.05) is 18.2 Å². The molecule has 11 aromatic carbocycles. The van der Waals surface area contributed by atoms with Crippen LogP contribution >= 0.6 is 0 Å². The first-order valence-corrected chi connectivity index (χ1v) is 26.0. The number of furan rings is 1. The van der Waals surface area contributed by atoms with Crippen LogP contribution in [0.4, 0.5) is 0 Å². The Morgan fingerprint density at radius 1 is 0.276 bits per heavy atom. The van der Waals surface area contributed by atoms with Crippen LogP contribution in [0.3, 0.4) is 0 Å². The van der Waals surface area contributed by atoms with E-state index < -0.39 is 10.8 Å². The van der Waals surface area contributed by atoms with E-state index in [2.05, 4.69) is 249 Å². The molecule has 3 heterocycles. The highest BCUT2D eigenvalue weighted by Crippen LogP contribution is 2.67. The Morgan fingerprint density at radius 2 is 0.737 bits per heavy atom. The highest BCUT2D eigenvalue weighted by molar-refractivity contribution is 6.09. The molecule has 2 aliphatic carbocycles. The third-order valence-electron chi connectivity index (χ3n) is 16.5. The Kier molecular flexibility index (Phi) is 9.13. The smallest absolute Gasteiger partial charge is 0.160 e. The number of ether oxygens (including phenoxy) is 1. The van der Waals surface area contributed by atoms with Gasteiger partial charge in [-0.2, -0.15) is 0 Å². The van der Waals surface area contributed by atoms with E-state index in [-0.39, 0.29) is 0 Å². The van der Waals surface area contributed by atoms with Gasteiger partial charge in [0.1, 0.15) is 22.7 Å². The van der Waals surface area contributed by atoms with Gasteiger partial charge in [-0.25, -0.2) is 9.97 Å². The van der Waals surface area contributed by atoms with Crippen LogP contribution in [0.25, 0.3) is 89.2 Å². The molecule has 0 amide bonds. The fraction of sp³-hybridized carbons (Fsp3) is 0.0278. The standard InChI is InChI=1S/C72H44N2O2/c1-2-17-47(18-3-1)64-44-65(74-70(73-64)49-39-35-46(36-40-49)51-21-16-22-54-53-20-5-13-30-66(53)76-69(51)54)48-37-33-45(34-38-48)50-41-42-57-55(43-50)52-19-4-6-23-56(52)71(57)58-24-7-9-26-60(58)72(61-27-10-8-25-59(61)71)62-28-11-14-31-67(62)75-68-32-15-12-29-63(68)72/h1-44H. The van der Waals surface area contributed by atoms with Gasteiger partial charge in [-0.05, 0) is 91.5 Å². The second kappa shape index (κ2) is 16.3. The molecule has 2 aromatic heterocycles. The van der Waals surface area contributed by atoms with Crippen molar-refractivity contribution < 1.29 is 9.15 Å². The molecule has 0 fully saturated rings. The van der Waals surface area contributed by atoms with Gasteiger partial charge in [0.2, 0.25) is 0 Å². The number of nitrogens with zero attached hydrogens (tertiary/aromatic N) is 2. The maximum absolute atomic E-state index is 6.72. The van der Waals surface area contributed by atoms with Gasteiger partial charge in [0.25, 0.3) is 0 Å². The molecule has 0 bridgehead atoms. The molecule has 0 radical (unpaired) electrons. The fourth-order valence-electron chi connectivity index (χ4n) is 13.3. The zero-order chi connectivity index (χ0) is 50.0. The van der Waals surface area contributed by atoms with Crippen LogP contribution in [-0.4, -0.2) is 9.97 Å². The van der Waals surface area contributed by atoms with Crippen LogP contribution in [0.1, 0.15) is 44.5 Å². The van der Waals surface area contributed by atoms with E-state index in [0.717, 1.165) is 94.9 Å². The van der Waals surface area contributed by atoms with Crippen LogP contribution in [0.5, 0.6) is 11.5 Å². The number of rotatable bonds is 5. The maximum Gasteiger partial charge on any atom is 0.160 e. The monoisotopic (exact) mass is 968 g/mol. The second-order valence-corrected chi connectivity index (χ2v) is 20.3. The average Bonchev–Trinajstić information content (AvgIpc) is 4.13. The minimum absolute atomic E-state index is 0.570. The van der Waals surface area contributed by atoms with Gasteiger partial charge in [-0.1, -0.05) is 237 Å². The fourth-order valence-corrected chi connectivity index (χ4v) is 13.3. The predicted molar refractivity (Wildman–Crippen MR) is 306 cm³/mol. The lowest BCUT2D eigenvalue weighted by molar-refractivity contribution is 0.429. The third-order valence-corrected chi connectivity index (χ3v) is 16.5. The molecule has 16 rings (SSSR count). The number of hydrogen-bond donors (Lipinski definition) is 0. The Hall–Kier alpha value is -9.90. The zero-order valence-electron chi connectivity index (χ0n) is 41.1. The summed E-state index contributed by atoms with van der Waals surface area (Å²) in [5.41, 5.74) is 22.3. The topological polar surface area (TPSA) is 48.2 Å². The summed E-state index contributed by atoms with van der Waals surface area (Å²) in [6.45, 7) is 0. The molecular weight excluding hydrogens is 925 g/mol. The van der Waals surface area contributed by atoms with Crippen LogP contribution in [0.2, 0.25) is 0 Å². The lowest BCUT2D eigenvalue weighted by Gasteiger charge is -2.51. The van der Waals surface area contributed by atoms with Crippen molar-refractivity contribution in [2.75, 3.05) is 0 Å². The number of fused-ring (bicyclic) bond motifs is 18. The molecule has 0 unspecified atom stereocenters. The number of hydrogen-bond acceptors (Lipinski definition) is 4. The van der Waals surface area contributed by atoms with Gasteiger partial charge < -0.3 is 9.15 Å². The second-order valence-electron chi connectivity index (χ2n) is 20.3. The van der Waals surface area contributed by atoms with Gasteiger partial charge in [-0.3, -0.25) is 0 Å². The van der Waals surface area contributed by atoms with Crippen LogP contribution in [0.15, 0.2) is 271 Å². The molecule has 76 heavy (non-hydrogen) atoms. The van der Waals surface area contributed by atoms with Crippen molar-refractivity contribution in [2.24, 2.45) is 0 Å². The molecule has 3 aliphatic rings. The summed E-state index contributed by atoms with van der Waals surface area (Å²) in [7, 11) is 0. The Balaban J connectivity index is 0.799. The highest BCUT2D eigenvalue weighted by Gasteiger charge is 2.58. The summed E-state index contributed by atoms with van der Waals surface area (Å²) in [5, 5.41) is 2.23. The largest absolute Gasteiger partial charge is 0.457 e. The Morgan fingerprint density at radius 3 is 1.41 bits per heavy atom. The van der Waals surface area contributed by atoms with E-state index in [1.54, 1.807) is 0 Å².